The molecule has 2 aromatic rings. The van der Waals surface area contributed by atoms with Crippen molar-refractivity contribution in [3.63, 3.8) is 0 Å². The van der Waals surface area contributed by atoms with Crippen molar-refractivity contribution in [2.45, 2.75) is 31.5 Å². The normalized spacial score (nSPS) is 19.3. The number of piperidine rings is 1. The van der Waals surface area contributed by atoms with Crippen LogP contribution in [0.4, 0.5) is 13.2 Å². The first-order valence-corrected chi connectivity index (χ1v) is 11.7. The third-order valence-corrected chi connectivity index (χ3v) is 6.31. The first kappa shape index (κ1) is 23.8. The standard InChI is InChI=1S/C23H25BrF3N3O3/c24-17-8-16(10-28-12-17)9-21(31)29-11-15-4-6-30(7-5-15)13-18-14-32-20-3-1-2-19(22(20)33-18)23(25,26)27/h1-3,8,10,12,15,18H,4-7,9,11,13-14H2,(H,29,31). The lowest BCUT2D eigenvalue weighted by Crippen LogP contribution is -2.45. The van der Waals surface area contributed by atoms with Crippen LogP contribution in [0.5, 0.6) is 11.5 Å². The molecular formula is C23H25BrF3N3O3. The van der Waals surface area contributed by atoms with E-state index in [0.717, 1.165) is 42.0 Å². The average Bonchev–Trinajstić information content (AvgIpc) is 2.77. The van der Waals surface area contributed by atoms with Crippen LogP contribution < -0.4 is 14.8 Å². The lowest BCUT2D eigenvalue weighted by Gasteiger charge is -2.36. The fraction of sp³-hybridized carbons (Fsp3) is 0.478. The van der Waals surface area contributed by atoms with Crippen LogP contribution in [-0.4, -0.2) is 54.7 Å². The summed E-state index contributed by atoms with van der Waals surface area (Å²) >= 11 is 3.35. The highest BCUT2D eigenvalue weighted by Gasteiger charge is 2.38. The summed E-state index contributed by atoms with van der Waals surface area (Å²) in [6.07, 6.45) is 0.478. The Bertz CT molecular complexity index is 981. The maximum absolute atomic E-state index is 13.3. The van der Waals surface area contributed by atoms with E-state index in [1.807, 2.05) is 6.07 Å². The van der Waals surface area contributed by atoms with Gasteiger partial charge in [-0.05, 0) is 71.5 Å². The monoisotopic (exact) mass is 527 g/mol. The van der Waals surface area contributed by atoms with E-state index < -0.39 is 17.8 Å². The maximum Gasteiger partial charge on any atom is 0.420 e. The van der Waals surface area contributed by atoms with E-state index in [4.69, 9.17) is 9.47 Å². The highest BCUT2D eigenvalue weighted by Crippen LogP contribution is 2.43. The predicted octanol–water partition coefficient (Wildman–Crippen LogP) is 4.07. The first-order chi connectivity index (χ1) is 15.8. The van der Waals surface area contributed by atoms with Crippen molar-refractivity contribution in [3.05, 3.63) is 52.3 Å². The molecule has 1 amide bonds. The Morgan fingerprint density at radius 3 is 2.76 bits per heavy atom. The molecule has 0 saturated carbocycles. The summed E-state index contributed by atoms with van der Waals surface area (Å²) in [6, 6.07) is 5.70. The molecule has 1 saturated heterocycles. The molecule has 1 fully saturated rings. The summed E-state index contributed by atoms with van der Waals surface area (Å²) in [5.74, 6) is 0.241. The smallest absolute Gasteiger partial charge is 0.420 e. The molecule has 178 valence electrons. The number of para-hydroxylation sites is 1. The molecule has 1 aromatic heterocycles. The molecule has 1 N–H and O–H groups in total. The highest BCUT2D eigenvalue weighted by atomic mass is 79.9. The van der Waals surface area contributed by atoms with Gasteiger partial charge in [0, 0.05) is 30.0 Å². The number of ether oxygens (including phenoxy) is 2. The van der Waals surface area contributed by atoms with Gasteiger partial charge < -0.3 is 14.8 Å². The van der Waals surface area contributed by atoms with Crippen LogP contribution in [0.2, 0.25) is 0 Å². The largest absolute Gasteiger partial charge is 0.486 e. The van der Waals surface area contributed by atoms with Gasteiger partial charge in [-0.2, -0.15) is 13.2 Å². The van der Waals surface area contributed by atoms with Crippen molar-refractivity contribution < 1.29 is 27.4 Å². The number of aromatic nitrogens is 1. The zero-order chi connectivity index (χ0) is 23.4. The lowest BCUT2D eigenvalue weighted by molar-refractivity contribution is -0.140. The second-order valence-electron chi connectivity index (χ2n) is 8.42. The quantitative estimate of drug-likeness (QED) is 0.613. The summed E-state index contributed by atoms with van der Waals surface area (Å²) in [4.78, 5) is 18.5. The molecule has 2 aliphatic rings. The van der Waals surface area contributed by atoms with Gasteiger partial charge in [0.15, 0.2) is 11.5 Å². The van der Waals surface area contributed by atoms with E-state index in [-0.39, 0.29) is 30.4 Å². The molecule has 1 unspecified atom stereocenters. The molecule has 0 aliphatic carbocycles. The number of alkyl halides is 3. The Balaban J connectivity index is 1.21. The van der Waals surface area contributed by atoms with E-state index >= 15 is 0 Å². The number of pyridine rings is 1. The SMILES string of the molecule is O=C(Cc1cncc(Br)c1)NCC1CCN(CC2COc3cccc(C(F)(F)F)c3O2)CC1. The Labute approximate surface area is 198 Å². The number of rotatable bonds is 6. The van der Waals surface area contributed by atoms with E-state index in [1.54, 1.807) is 12.4 Å². The van der Waals surface area contributed by atoms with E-state index in [0.29, 0.717) is 19.0 Å². The zero-order valence-corrected chi connectivity index (χ0v) is 19.5. The third kappa shape index (κ3) is 6.38. The summed E-state index contributed by atoms with van der Waals surface area (Å²) in [5.41, 5.74) is 0.0411. The third-order valence-electron chi connectivity index (χ3n) is 5.88. The molecule has 1 aromatic carbocycles. The van der Waals surface area contributed by atoms with Gasteiger partial charge in [0.2, 0.25) is 5.91 Å². The fourth-order valence-corrected chi connectivity index (χ4v) is 4.58. The zero-order valence-electron chi connectivity index (χ0n) is 17.9. The Morgan fingerprint density at radius 1 is 1.24 bits per heavy atom. The first-order valence-electron chi connectivity index (χ1n) is 10.9. The van der Waals surface area contributed by atoms with Gasteiger partial charge in [0.25, 0.3) is 0 Å². The van der Waals surface area contributed by atoms with Crippen molar-refractivity contribution >= 4 is 21.8 Å². The molecule has 2 aliphatic heterocycles. The lowest BCUT2D eigenvalue weighted by atomic mass is 9.96. The van der Waals surface area contributed by atoms with Gasteiger partial charge in [-0.15, -0.1) is 0 Å². The number of benzene rings is 1. The van der Waals surface area contributed by atoms with Crippen LogP contribution in [0.3, 0.4) is 0 Å². The van der Waals surface area contributed by atoms with Crippen LogP contribution in [0, 0.1) is 5.92 Å². The number of hydrogen-bond acceptors (Lipinski definition) is 5. The second-order valence-corrected chi connectivity index (χ2v) is 9.33. The number of halogens is 4. The van der Waals surface area contributed by atoms with Crippen LogP contribution in [0.25, 0.3) is 0 Å². The molecule has 3 heterocycles. The van der Waals surface area contributed by atoms with E-state index in [1.165, 1.54) is 12.1 Å². The van der Waals surface area contributed by atoms with Crippen LogP contribution in [0.15, 0.2) is 41.1 Å². The Kier molecular flexibility index (Phi) is 7.43. The van der Waals surface area contributed by atoms with Gasteiger partial charge in [-0.25, -0.2) is 0 Å². The number of carbonyl (C=O) groups is 1. The summed E-state index contributed by atoms with van der Waals surface area (Å²) in [6.45, 7) is 2.92. The fourth-order valence-electron chi connectivity index (χ4n) is 4.17. The van der Waals surface area contributed by atoms with Gasteiger partial charge in [-0.1, -0.05) is 6.07 Å². The van der Waals surface area contributed by atoms with Crippen LogP contribution >= 0.6 is 15.9 Å². The summed E-state index contributed by atoms with van der Waals surface area (Å²) in [5, 5.41) is 3.00. The number of carbonyl (C=O) groups excluding carboxylic acids is 1. The summed E-state index contributed by atoms with van der Waals surface area (Å²) < 4.78 is 52.0. The number of hydrogen-bond donors (Lipinski definition) is 1. The van der Waals surface area contributed by atoms with Crippen molar-refractivity contribution in [2.24, 2.45) is 5.92 Å². The minimum absolute atomic E-state index is 0.0378. The number of nitrogens with one attached hydrogen (secondary N) is 1. The average molecular weight is 528 g/mol. The van der Waals surface area contributed by atoms with Crippen LogP contribution in [0.1, 0.15) is 24.0 Å². The Hall–Kier alpha value is -2.33. The highest BCUT2D eigenvalue weighted by molar-refractivity contribution is 9.10. The van der Waals surface area contributed by atoms with Crippen molar-refractivity contribution in [1.29, 1.82) is 0 Å². The molecule has 0 bridgehead atoms. The minimum atomic E-state index is -4.49. The molecule has 6 nitrogen and oxygen atoms in total. The molecule has 4 rings (SSSR count). The van der Waals surface area contributed by atoms with E-state index in [9.17, 15) is 18.0 Å². The van der Waals surface area contributed by atoms with E-state index in [2.05, 4.69) is 31.1 Å². The van der Waals surface area contributed by atoms with Crippen molar-refractivity contribution in [2.75, 3.05) is 32.8 Å². The number of amides is 1. The minimum Gasteiger partial charge on any atom is -0.486 e. The van der Waals surface area contributed by atoms with Gasteiger partial charge in [0.1, 0.15) is 18.3 Å². The molecular weight excluding hydrogens is 503 g/mol. The van der Waals surface area contributed by atoms with Crippen LogP contribution in [-0.2, 0) is 17.4 Å². The van der Waals surface area contributed by atoms with Crippen molar-refractivity contribution in [3.8, 4) is 11.5 Å². The molecule has 0 radical (unpaired) electrons. The molecule has 0 spiro atoms. The number of nitrogens with zero attached hydrogens (tertiary/aromatic N) is 2. The molecule has 10 heteroatoms. The second kappa shape index (κ2) is 10.3. The molecule has 33 heavy (non-hydrogen) atoms. The molecule has 1 atom stereocenters. The van der Waals surface area contributed by atoms with Gasteiger partial charge >= 0.3 is 6.18 Å². The summed E-state index contributed by atoms with van der Waals surface area (Å²) in [7, 11) is 0. The predicted molar refractivity (Wildman–Crippen MR) is 119 cm³/mol. The Morgan fingerprint density at radius 2 is 2.03 bits per heavy atom. The number of fused-ring (bicyclic) bond motifs is 1. The topological polar surface area (TPSA) is 63.7 Å². The van der Waals surface area contributed by atoms with Gasteiger partial charge in [-0.3, -0.25) is 14.7 Å². The maximum atomic E-state index is 13.3. The number of likely N-dealkylation sites (tertiary alicyclic amines) is 1. The van der Waals surface area contributed by atoms with Crippen molar-refractivity contribution in [1.82, 2.24) is 15.2 Å². The van der Waals surface area contributed by atoms with Gasteiger partial charge in [0.05, 0.1) is 6.42 Å².